The number of methoxy groups -OCH3 is 1. The fourth-order valence-electron chi connectivity index (χ4n) is 2.22. The summed E-state index contributed by atoms with van der Waals surface area (Å²) in [6, 6.07) is 13.2. The first-order valence-electron chi connectivity index (χ1n) is 7.50. The maximum absolute atomic E-state index is 12.5. The van der Waals surface area contributed by atoms with Gasteiger partial charge in [0, 0.05) is 15.5 Å². The van der Waals surface area contributed by atoms with Gasteiger partial charge in [0.05, 0.1) is 18.8 Å². The molecule has 0 aliphatic heterocycles. The Hall–Kier alpha value is -1.37. The SMILES string of the molecule is COc1cccc(CN(C)C(C)C(=O)Nc2ccc(Br)cc2Br)c1. The van der Waals surface area contributed by atoms with Crippen LogP contribution in [0.5, 0.6) is 5.75 Å². The van der Waals surface area contributed by atoms with E-state index in [0.717, 1.165) is 25.9 Å². The first-order valence-corrected chi connectivity index (χ1v) is 9.08. The summed E-state index contributed by atoms with van der Waals surface area (Å²) >= 11 is 6.86. The normalized spacial score (nSPS) is 12.1. The highest BCUT2D eigenvalue weighted by atomic mass is 79.9. The van der Waals surface area contributed by atoms with Crippen molar-refractivity contribution < 1.29 is 9.53 Å². The van der Waals surface area contributed by atoms with Gasteiger partial charge in [0.2, 0.25) is 5.91 Å². The molecule has 0 saturated carbocycles. The fraction of sp³-hybridized carbons (Fsp3) is 0.278. The first kappa shape index (κ1) is 19.0. The summed E-state index contributed by atoms with van der Waals surface area (Å²) < 4.78 is 7.03. The molecule has 2 aromatic carbocycles. The maximum atomic E-state index is 12.5. The first-order chi connectivity index (χ1) is 11.4. The standard InChI is InChI=1S/C18H20Br2N2O2/c1-12(18(23)21-17-8-7-14(19)10-16(17)20)22(2)11-13-5-4-6-15(9-13)24-3/h4-10,12H,11H2,1-3H3,(H,21,23). The zero-order valence-corrected chi connectivity index (χ0v) is 17.0. The van der Waals surface area contributed by atoms with E-state index < -0.39 is 0 Å². The van der Waals surface area contributed by atoms with Gasteiger partial charge in [-0.1, -0.05) is 28.1 Å². The van der Waals surface area contributed by atoms with Gasteiger partial charge in [-0.3, -0.25) is 9.69 Å². The van der Waals surface area contributed by atoms with Crippen molar-refractivity contribution in [1.29, 1.82) is 0 Å². The Bertz CT molecular complexity index is 722. The number of nitrogens with zero attached hydrogens (tertiary/aromatic N) is 1. The third-order valence-corrected chi connectivity index (χ3v) is 4.95. The van der Waals surface area contributed by atoms with Crippen LogP contribution < -0.4 is 10.1 Å². The van der Waals surface area contributed by atoms with E-state index >= 15 is 0 Å². The van der Waals surface area contributed by atoms with E-state index in [1.807, 2.05) is 61.3 Å². The lowest BCUT2D eigenvalue weighted by molar-refractivity contribution is -0.120. The summed E-state index contributed by atoms with van der Waals surface area (Å²) in [5, 5.41) is 2.95. The van der Waals surface area contributed by atoms with Crippen LogP contribution in [0.3, 0.4) is 0 Å². The molecule has 0 aromatic heterocycles. The molecule has 2 aromatic rings. The summed E-state index contributed by atoms with van der Waals surface area (Å²) in [5.74, 6) is 0.764. The van der Waals surface area contributed by atoms with Gasteiger partial charge >= 0.3 is 0 Å². The number of likely N-dealkylation sites (N-methyl/N-ethyl adjacent to an activating group) is 1. The molecule has 2 rings (SSSR count). The highest BCUT2D eigenvalue weighted by Crippen LogP contribution is 2.26. The molecule has 0 fully saturated rings. The number of carbonyl (C=O) groups excluding carboxylic acids is 1. The number of hydrogen-bond acceptors (Lipinski definition) is 3. The molecule has 1 N–H and O–H groups in total. The number of rotatable bonds is 6. The number of amides is 1. The highest BCUT2D eigenvalue weighted by Gasteiger charge is 2.19. The van der Waals surface area contributed by atoms with Crippen molar-refractivity contribution in [2.75, 3.05) is 19.5 Å². The number of halogens is 2. The summed E-state index contributed by atoms with van der Waals surface area (Å²) in [7, 11) is 3.58. The third kappa shape index (κ3) is 5.06. The van der Waals surface area contributed by atoms with Crippen molar-refractivity contribution in [2.45, 2.75) is 19.5 Å². The average Bonchev–Trinajstić information content (AvgIpc) is 2.56. The van der Waals surface area contributed by atoms with E-state index in [2.05, 4.69) is 37.2 Å². The molecule has 1 amide bonds. The van der Waals surface area contributed by atoms with E-state index in [4.69, 9.17) is 4.74 Å². The van der Waals surface area contributed by atoms with Gasteiger partial charge in [0.1, 0.15) is 5.75 Å². The minimum absolute atomic E-state index is 0.0524. The zero-order chi connectivity index (χ0) is 17.7. The molecule has 0 bridgehead atoms. The van der Waals surface area contributed by atoms with Crippen LogP contribution in [0.2, 0.25) is 0 Å². The van der Waals surface area contributed by atoms with Crippen LogP contribution in [-0.2, 0) is 11.3 Å². The number of carbonyl (C=O) groups is 1. The van der Waals surface area contributed by atoms with Crippen LogP contribution in [0.4, 0.5) is 5.69 Å². The second-order valence-corrected chi connectivity index (χ2v) is 7.33. The van der Waals surface area contributed by atoms with Crippen molar-refractivity contribution in [3.05, 3.63) is 57.0 Å². The Morgan fingerprint density at radius 2 is 2.00 bits per heavy atom. The lowest BCUT2D eigenvalue weighted by Gasteiger charge is -2.24. The van der Waals surface area contributed by atoms with E-state index in [9.17, 15) is 4.79 Å². The minimum atomic E-state index is -0.272. The van der Waals surface area contributed by atoms with E-state index in [-0.39, 0.29) is 11.9 Å². The van der Waals surface area contributed by atoms with E-state index in [0.29, 0.717) is 6.54 Å². The number of nitrogens with one attached hydrogen (secondary N) is 1. The maximum Gasteiger partial charge on any atom is 0.241 e. The van der Waals surface area contributed by atoms with Crippen LogP contribution in [0.1, 0.15) is 12.5 Å². The van der Waals surface area contributed by atoms with Crippen molar-refractivity contribution in [2.24, 2.45) is 0 Å². The monoisotopic (exact) mass is 454 g/mol. The lowest BCUT2D eigenvalue weighted by Crippen LogP contribution is -2.39. The summed E-state index contributed by atoms with van der Waals surface area (Å²) in [4.78, 5) is 14.5. The zero-order valence-electron chi connectivity index (χ0n) is 13.8. The Morgan fingerprint density at radius 1 is 1.25 bits per heavy atom. The Kier molecular flexibility index (Phi) is 6.83. The molecule has 0 radical (unpaired) electrons. The van der Waals surface area contributed by atoms with Crippen molar-refractivity contribution >= 4 is 43.5 Å². The van der Waals surface area contributed by atoms with Crippen molar-refractivity contribution in [3.8, 4) is 5.75 Å². The molecule has 0 spiro atoms. The molecule has 0 aliphatic rings. The second kappa shape index (κ2) is 8.65. The predicted octanol–water partition coefficient (Wildman–Crippen LogP) is 4.68. The quantitative estimate of drug-likeness (QED) is 0.687. The van der Waals surface area contributed by atoms with Crippen LogP contribution in [0.15, 0.2) is 51.4 Å². The lowest BCUT2D eigenvalue weighted by atomic mass is 10.1. The average molecular weight is 456 g/mol. The second-order valence-electron chi connectivity index (χ2n) is 5.56. The van der Waals surface area contributed by atoms with Gasteiger partial charge in [-0.2, -0.15) is 0 Å². The number of hydrogen-bond donors (Lipinski definition) is 1. The predicted molar refractivity (Wildman–Crippen MR) is 104 cm³/mol. The molecule has 24 heavy (non-hydrogen) atoms. The van der Waals surface area contributed by atoms with Gasteiger partial charge in [0.15, 0.2) is 0 Å². The smallest absolute Gasteiger partial charge is 0.241 e. The molecule has 0 heterocycles. The van der Waals surface area contributed by atoms with Gasteiger partial charge in [-0.05, 0) is 65.8 Å². The summed E-state index contributed by atoms with van der Waals surface area (Å²) in [6.45, 7) is 2.55. The van der Waals surface area contributed by atoms with Crippen LogP contribution in [0.25, 0.3) is 0 Å². The van der Waals surface area contributed by atoms with Crippen LogP contribution >= 0.6 is 31.9 Å². The van der Waals surface area contributed by atoms with E-state index in [1.54, 1.807) is 7.11 Å². The number of benzene rings is 2. The Balaban J connectivity index is 2.01. The molecule has 4 nitrogen and oxygen atoms in total. The number of ether oxygens (including phenoxy) is 1. The minimum Gasteiger partial charge on any atom is -0.497 e. The molecule has 1 unspecified atom stereocenters. The van der Waals surface area contributed by atoms with Gasteiger partial charge in [-0.25, -0.2) is 0 Å². The molecular formula is C18H20Br2N2O2. The van der Waals surface area contributed by atoms with Gasteiger partial charge in [-0.15, -0.1) is 0 Å². The highest BCUT2D eigenvalue weighted by molar-refractivity contribution is 9.11. The van der Waals surface area contributed by atoms with Crippen LogP contribution in [0, 0.1) is 0 Å². The Morgan fingerprint density at radius 3 is 2.67 bits per heavy atom. The molecule has 1 atom stereocenters. The molecule has 0 saturated heterocycles. The fourth-order valence-corrected chi connectivity index (χ4v) is 3.37. The topological polar surface area (TPSA) is 41.6 Å². The molecule has 0 aliphatic carbocycles. The van der Waals surface area contributed by atoms with Gasteiger partial charge < -0.3 is 10.1 Å². The number of anilines is 1. The molecule has 128 valence electrons. The van der Waals surface area contributed by atoms with Crippen molar-refractivity contribution in [3.63, 3.8) is 0 Å². The molecular weight excluding hydrogens is 436 g/mol. The van der Waals surface area contributed by atoms with Gasteiger partial charge in [0.25, 0.3) is 0 Å². The third-order valence-electron chi connectivity index (χ3n) is 3.80. The summed E-state index contributed by atoms with van der Waals surface area (Å²) in [6.07, 6.45) is 0. The van der Waals surface area contributed by atoms with E-state index in [1.165, 1.54) is 0 Å². The Labute approximate surface area is 159 Å². The van der Waals surface area contributed by atoms with Crippen molar-refractivity contribution in [1.82, 2.24) is 4.90 Å². The molecule has 6 heteroatoms. The largest absolute Gasteiger partial charge is 0.497 e. The summed E-state index contributed by atoms with van der Waals surface area (Å²) in [5.41, 5.74) is 1.85. The van der Waals surface area contributed by atoms with Crippen LogP contribution in [-0.4, -0.2) is 31.0 Å².